The Balaban J connectivity index is 2.09. The van der Waals surface area contributed by atoms with E-state index in [2.05, 4.69) is 35.2 Å². The van der Waals surface area contributed by atoms with E-state index >= 15 is 0 Å². The van der Waals surface area contributed by atoms with Crippen molar-refractivity contribution in [3.8, 4) is 0 Å². The summed E-state index contributed by atoms with van der Waals surface area (Å²) >= 11 is 1.68. The van der Waals surface area contributed by atoms with Gasteiger partial charge in [0.05, 0.1) is 6.20 Å². The third-order valence-electron chi connectivity index (χ3n) is 2.65. The summed E-state index contributed by atoms with van der Waals surface area (Å²) in [4.78, 5) is 8.66. The Morgan fingerprint density at radius 1 is 1.50 bits per heavy atom. The molecule has 0 saturated carbocycles. The quantitative estimate of drug-likeness (QED) is 0.893. The van der Waals surface area contributed by atoms with E-state index in [1.54, 1.807) is 11.3 Å². The van der Waals surface area contributed by atoms with Crippen molar-refractivity contribution >= 4 is 23.1 Å². The number of hydrogen-bond acceptors (Lipinski definition) is 5. The molecule has 3 N–H and O–H groups in total. The van der Waals surface area contributed by atoms with E-state index in [4.69, 9.17) is 5.73 Å². The summed E-state index contributed by atoms with van der Waals surface area (Å²) in [5.41, 5.74) is 5.34. The number of hydrogen-bond donors (Lipinski definition) is 2. The molecule has 0 aliphatic heterocycles. The highest BCUT2D eigenvalue weighted by Crippen LogP contribution is 2.27. The Hall–Kier alpha value is -1.69. The lowest BCUT2D eigenvalue weighted by Crippen LogP contribution is -2.27. The molecule has 2 aromatic rings. The van der Waals surface area contributed by atoms with Crippen molar-refractivity contribution in [1.29, 1.82) is 0 Å². The van der Waals surface area contributed by atoms with Crippen molar-refractivity contribution in [1.82, 2.24) is 9.97 Å². The lowest BCUT2D eigenvalue weighted by molar-refractivity contribution is 0.560. The standard InChI is InChI=1S/C12H15FN4S/c1-12(2,9-4-3-5-18-9)7-16-10-8(13)6-15-11(14)17-10/h3-6H,7H2,1-2H3,(H3,14,15,16,17). The number of thiophene rings is 1. The second-order valence-corrected chi connectivity index (χ2v) is 5.59. The predicted octanol–water partition coefficient (Wildman–Crippen LogP) is 2.65. The number of halogens is 1. The first-order valence-corrected chi connectivity index (χ1v) is 6.43. The van der Waals surface area contributed by atoms with Crippen LogP contribution in [0.5, 0.6) is 0 Å². The lowest BCUT2D eigenvalue weighted by Gasteiger charge is -2.24. The molecule has 0 unspecified atom stereocenters. The summed E-state index contributed by atoms with van der Waals surface area (Å²) in [6.07, 6.45) is 1.07. The first-order chi connectivity index (χ1) is 8.49. The molecule has 96 valence electrons. The fourth-order valence-electron chi connectivity index (χ4n) is 1.56. The van der Waals surface area contributed by atoms with Crippen LogP contribution in [0.15, 0.2) is 23.7 Å². The molecule has 0 aliphatic rings. The molecule has 0 saturated heterocycles. The number of rotatable bonds is 4. The number of anilines is 2. The van der Waals surface area contributed by atoms with Gasteiger partial charge in [0.1, 0.15) is 0 Å². The highest BCUT2D eigenvalue weighted by Gasteiger charge is 2.22. The van der Waals surface area contributed by atoms with Crippen LogP contribution in [0.1, 0.15) is 18.7 Å². The van der Waals surface area contributed by atoms with Crippen LogP contribution in [-0.4, -0.2) is 16.5 Å². The Kier molecular flexibility index (Phi) is 3.47. The highest BCUT2D eigenvalue weighted by molar-refractivity contribution is 7.10. The van der Waals surface area contributed by atoms with Crippen molar-refractivity contribution in [3.63, 3.8) is 0 Å². The molecule has 0 aromatic carbocycles. The summed E-state index contributed by atoms with van der Waals surface area (Å²) < 4.78 is 13.4. The Morgan fingerprint density at radius 3 is 2.94 bits per heavy atom. The average Bonchev–Trinajstić information content (AvgIpc) is 2.85. The zero-order valence-corrected chi connectivity index (χ0v) is 11.1. The van der Waals surface area contributed by atoms with Gasteiger partial charge in [-0.25, -0.2) is 9.37 Å². The summed E-state index contributed by atoms with van der Waals surface area (Å²) in [6, 6.07) is 4.07. The maximum absolute atomic E-state index is 13.4. The minimum atomic E-state index is -0.494. The normalized spacial score (nSPS) is 11.5. The van der Waals surface area contributed by atoms with Crippen LogP contribution in [0.2, 0.25) is 0 Å². The second-order valence-electron chi connectivity index (χ2n) is 4.64. The maximum atomic E-state index is 13.4. The number of nitrogens with two attached hydrogens (primary N) is 1. The number of aromatic nitrogens is 2. The van der Waals surface area contributed by atoms with Gasteiger partial charge in [0.2, 0.25) is 5.95 Å². The molecule has 0 fully saturated rings. The van der Waals surface area contributed by atoms with Gasteiger partial charge < -0.3 is 11.1 Å². The molecule has 0 spiro atoms. The van der Waals surface area contributed by atoms with Crippen LogP contribution < -0.4 is 11.1 Å². The molecule has 2 rings (SSSR count). The smallest absolute Gasteiger partial charge is 0.222 e. The third kappa shape index (κ3) is 2.76. The molecule has 6 heteroatoms. The Bertz CT molecular complexity index is 525. The van der Waals surface area contributed by atoms with E-state index in [0.717, 1.165) is 6.20 Å². The van der Waals surface area contributed by atoms with Gasteiger partial charge in [0.15, 0.2) is 11.6 Å². The highest BCUT2D eigenvalue weighted by atomic mass is 32.1. The van der Waals surface area contributed by atoms with Gasteiger partial charge in [-0.15, -0.1) is 11.3 Å². The van der Waals surface area contributed by atoms with Crippen molar-refractivity contribution in [2.24, 2.45) is 0 Å². The molecule has 2 heterocycles. The molecular weight excluding hydrogens is 251 g/mol. The van der Waals surface area contributed by atoms with Crippen LogP contribution in [-0.2, 0) is 5.41 Å². The fourth-order valence-corrected chi connectivity index (χ4v) is 2.41. The molecule has 0 bridgehead atoms. The number of nitrogens with zero attached hydrogens (tertiary/aromatic N) is 2. The van der Waals surface area contributed by atoms with E-state index in [9.17, 15) is 4.39 Å². The van der Waals surface area contributed by atoms with Crippen LogP contribution in [0, 0.1) is 5.82 Å². The summed E-state index contributed by atoms with van der Waals surface area (Å²) in [5.74, 6) is -0.286. The number of nitrogens with one attached hydrogen (secondary N) is 1. The minimum Gasteiger partial charge on any atom is -0.368 e. The van der Waals surface area contributed by atoms with E-state index in [0.29, 0.717) is 6.54 Å². The van der Waals surface area contributed by atoms with Gasteiger partial charge in [-0.05, 0) is 11.4 Å². The monoisotopic (exact) mass is 266 g/mol. The SMILES string of the molecule is CC(C)(CNc1nc(N)ncc1F)c1cccs1. The molecule has 4 nitrogen and oxygen atoms in total. The second kappa shape index (κ2) is 4.89. The minimum absolute atomic E-state index is 0.0628. The topological polar surface area (TPSA) is 63.8 Å². The first kappa shape index (κ1) is 12.8. The first-order valence-electron chi connectivity index (χ1n) is 5.55. The van der Waals surface area contributed by atoms with Crippen LogP contribution in [0.3, 0.4) is 0 Å². The number of nitrogen functional groups attached to an aromatic ring is 1. The van der Waals surface area contributed by atoms with Gasteiger partial charge in [0, 0.05) is 16.8 Å². The van der Waals surface area contributed by atoms with Crippen molar-refractivity contribution in [2.75, 3.05) is 17.6 Å². The summed E-state index contributed by atoms with van der Waals surface area (Å²) in [7, 11) is 0. The molecule has 2 aromatic heterocycles. The third-order valence-corrected chi connectivity index (χ3v) is 3.88. The fraction of sp³-hybridized carbons (Fsp3) is 0.333. The van der Waals surface area contributed by atoms with E-state index in [1.807, 2.05) is 11.4 Å². The van der Waals surface area contributed by atoms with E-state index in [1.165, 1.54) is 4.88 Å². The average molecular weight is 266 g/mol. The van der Waals surface area contributed by atoms with Gasteiger partial charge >= 0.3 is 0 Å². The molecule has 18 heavy (non-hydrogen) atoms. The van der Waals surface area contributed by atoms with Crippen LogP contribution in [0.4, 0.5) is 16.2 Å². The largest absolute Gasteiger partial charge is 0.368 e. The summed E-state index contributed by atoms with van der Waals surface area (Å²) in [5, 5.41) is 5.01. The Labute approximate surface area is 109 Å². The predicted molar refractivity (Wildman–Crippen MR) is 72.2 cm³/mol. The van der Waals surface area contributed by atoms with Crippen molar-refractivity contribution < 1.29 is 4.39 Å². The summed E-state index contributed by atoms with van der Waals surface area (Å²) in [6.45, 7) is 4.75. The molecule has 0 radical (unpaired) electrons. The van der Waals surface area contributed by atoms with Gasteiger partial charge in [-0.1, -0.05) is 19.9 Å². The Morgan fingerprint density at radius 2 is 2.28 bits per heavy atom. The maximum Gasteiger partial charge on any atom is 0.222 e. The van der Waals surface area contributed by atoms with Gasteiger partial charge in [0.25, 0.3) is 0 Å². The van der Waals surface area contributed by atoms with Crippen molar-refractivity contribution in [3.05, 3.63) is 34.4 Å². The van der Waals surface area contributed by atoms with Crippen LogP contribution in [0.25, 0.3) is 0 Å². The van der Waals surface area contributed by atoms with Gasteiger partial charge in [-0.2, -0.15) is 4.98 Å². The molecule has 0 atom stereocenters. The van der Waals surface area contributed by atoms with E-state index < -0.39 is 5.82 Å². The molecule has 0 aliphatic carbocycles. The lowest BCUT2D eigenvalue weighted by atomic mass is 9.91. The van der Waals surface area contributed by atoms with Crippen LogP contribution >= 0.6 is 11.3 Å². The molecule has 0 amide bonds. The molecular formula is C12H15FN4S. The van der Waals surface area contributed by atoms with Gasteiger partial charge in [-0.3, -0.25) is 0 Å². The zero-order valence-electron chi connectivity index (χ0n) is 10.3. The van der Waals surface area contributed by atoms with E-state index in [-0.39, 0.29) is 17.2 Å². The zero-order chi connectivity index (χ0) is 13.2. The van der Waals surface area contributed by atoms with Crippen molar-refractivity contribution in [2.45, 2.75) is 19.3 Å².